The molecule has 4 aromatic heterocycles. The normalized spacial score (nSPS) is 11.9. The van der Waals surface area contributed by atoms with Gasteiger partial charge < -0.3 is 28.6 Å². The van der Waals surface area contributed by atoms with Crippen molar-refractivity contribution in [2.75, 3.05) is 0 Å². The van der Waals surface area contributed by atoms with Gasteiger partial charge in [-0.05, 0) is 94.5 Å². The van der Waals surface area contributed by atoms with E-state index in [9.17, 15) is 18.9 Å². The van der Waals surface area contributed by atoms with Crippen LogP contribution < -0.4 is 18.8 Å². The predicted octanol–water partition coefficient (Wildman–Crippen LogP) is 9.87. The first-order valence-corrected chi connectivity index (χ1v) is 21.6. The molecule has 59 heavy (non-hydrogen) atoms. The van der Waals surface area contributed by atoms with Crippen molar-refractivity contribution >= 4 is 15.6 Å². The van der Waals surface area contributed by atoms with Gasteiger partial charge in [-0.15, -0.1) is 0 Å². The first kappa shape index (κ1) is 54.4. The van der Waals surface area contributed by atoms with E-state index in [-0.39, 0.29) is 51.9 Å². The van der Waals surface area contributed by atoms with E-state index < -0.39 is 15.6 Å². The molecular formula is C44H56CoN4O8P2. The van der Waals surface area contributed by atoms with Crippen LogP contribution in [0, 0.1) is 0 Å². The van der Waals surface area contributed by atoms with Gasteiger partial charge in [0.15, 0.2) is 0 Å². The zero-order valence-electron chi connectivity index (χ0n) is 34.7. The number of phosphoric ester groups is 2. The molecule has 0 amide bonds. The number of pyridine rings is 4. The van der Waals surface area contributed by atoms with Crippen LogP contribution in [0.2, 0.25) is 0 Å². The standard InChI is InChI=1S/2C12H19O4P.4C5H5N.Co/c2*1-8(2)10-6-5-7-11(9(3)4)12(10)16-17(13,14)15;4*1-2-4-6-5-3-1;/h2*5-9H,1-4H3,(H2,13,14,15);4*1-5H;/q;;;;;;+2/p-2. The summed E-state index contributed by atoms with van der Waals surface area (Å²) in [4.78, 5) is 54.7. The molecule has 1 radical (unpaired) electrons. The van der Waals surface area contributed by atoms with Gasteiger partial charge in [0.2, 0.25) is 0 Å². The Balaban J connectivity index is 0.000000732. The second-order valence-electron chi connectivity index (χ2n) is 13.4. The Kier molecular flexibility index (Phi) is 28.1. The van der Waals surface area contributed by atoms with Crippen LogP contribution in [-0.4, -0.2) is 29.7 Å². The Morgan fingerprint density at radius 2 is 0.593 bits per heavy atom. The molecule has 0 aliphatic rings. The first-order valence-electron chi connectivity index (χ1n) is 18.6. The van der Waals surface area contributed by atoms with Crippen molar-refractivity contribution < 1.29 is 54.5 Å². The molecule has 2 unspecified atom stereocenters. The topological polar surface area (TPSA) is 191 Å². The Labute approximate surface area is 360 Å². The number of hydrogen-bond acceptors (Lipinski definition) is 10. The number of rotatable bonds is 8. The van der Waals surface area contributed by atoms with Gasteiger partial charge in [0.25, 0.3) is 0 Å². The van der Waals surface area contributed by atoms with Gasteiger partial charge in [-0.1, -0.05) is 116 Å². The summed E-state index contributed by atoms with van der Waals surface area (Å²) in [5.41, 5.74) is 3.12. The third-order valence-electron chi connectivity index (χ3n) is 7.32. The maximum Gasteiger partial charge on any atom is 2.00 e. The number of benzene rings is 2. The van der Waals surface area contributed by atoms with E-state index in [1.165, 1.54) is 0 Å². The van der Waals surface area contributed by atoms with Crippen molar-refractivity contribution in [1.82, 2.24) is 19.9 Å². The van der Waals surface area contributed by atoms with E-state index in [0.717, 1.165) is 22.3 Å². The van der Waals surface area contributed by atoms with Crippen LogP contribution in [0.15, 0.2) is 159 Å². The minimum atomic E-state index is -4.77. The van der Waals surface area contributed by atoms with Crippen LogP contribution in [0.5, 0.6) is 11.5 Å². The summed E-state index contributed by atoms with van der Waals surface area (Å²) in [5.74, 6) is 1.01. The fraction of sp³-hybridized carbons (Fsp3) is 0.273. The van der Waals surface area contributed by atoms with Crippen molar-refractivity contribution in [3.8, 4) is 11.5 Å². The minimum absolute atomic E-state index is 0. The number of nitrogens with zero attached hydrogens (tertiary/aromatic N) is 4. The average molecular weight is 890 g/mol. The summed E-state index contributed by atoms with van der Waals surface area (Å²) >= 11 is 0. The molecule has 0 spiro atoms. The molecule has 2 aromatic carbocycles. The Morgan fingerprint density at radius 1 is 0.407 bits per heavy atom. The smallest absolute Gasteiger partial charge is 0.746 e. The monoisotopic (exact) mass is 889 g/mol. The third kappa shape index (κ3) is 26.2. The molecule has 0 aliphatic carbocycles. The molecule has 6 aromatic rings. The van der Waals surface area contributed by atoms with E-state index in [4.69, 9.17) is 18.8 Å². The Bertz CT molecular complexity index is 1640. The van der Waals surface area contributed by atoms with E-state index >= 15 is 0 Å². The molecule has 6 rings (SSSR count). The molecule has 2 atom stereocenters. The minimum Gasteiger partial charge on any atom is -0.746 e. The molecular weight excluding hydrogens is 833 g/mol. The molecule has 4 heterocycles. The second-order valence-corrected chi connectivity index (χ2v) is 15.6. The number of para-hydroxylation sites is 2. The van der Waals surface area contributed by atoms with Gasteiger partial charge >= 0.3 is 32.4 Å². The van der Waals surface area contributed by atoms with Gasteiger partial charge in [0, 0.05) is 49.6 Å². The van der Waals surface area contributed by atoms with Crippen molar-refractivity contribution in [2.24, 2.45) is 0 Å². The third-order valence-corrected chi connectivity index (χ3v) is 8.15. The Hall–Kier alpha value is -4.55. The summed E-state index contributed by atoms with van der Waals surface area (Å²) in [6, 6.07) is 33.8. The maximum absolute atomic E-state index is 10.9. The predicted molar refractivity (Wildman–Crippen MR) is 227 cm³/mol. The molecule has 319 valence electrons. The quantitative estimate of drug-likeness (QED) is 0.138. The largest absolute Gasteiger partial charge is 2.00 e. The van der Waals surface area contributed by atoms with Gasteiger partial charge in [-0.2, -0.15) is 0 Å². The molecule has 0 aliphatic heterocycles. The zero-order chi connectivity index (χ0) is 43.4. The van der Waals surface area contributed by atoms with E-state index in [1.807, 2.05) is 165 Å². The summed E-state index contributed by atoms with van der Waals surface area (Å²) < 4.78 is 31.3. The number of aromatic nitrogens is 4. The van der Waals surface area contributed by atoms with Crippen molar-refractivity contribution in [1.29, 1.82) is 0 Å². The van der Waals surface area contributed by atoms with Crippen LogP contribution in [0.4, 0.5) is 0 Å². The fourth-order valence-electron chi connectivity index (χ4n) is 4.66. The van der Waals surface area contributed by atoms with E-state index in [2.05, 4.69) is 19.9 Å². The summed E-state index contributed by atoms with van der Waals surface area (Å²) in [6.45, 7) is 15.6. The zero-order valence-corrected chi connectivity index (χ0v) is 37.5. The second kappa shape index (κ2) is 30.5. The fourth-order valence-corrected chi connectivity index (χ4v) is 5.54. The van der Waals surface area contributed by atoms with Gasteiger partial charge in [0.1, 0.15) is 11.5 Å². The van der Waals surface area contributed by atoms with Crippen LogP contribution >= 0.6 is 15.6 Å². The molecule has 0 fully saturated rings. The van der Waals surface area contributed by atoms with E-state index in [0.29, 0.717) is 0 Å². The molecule has 12 nitrogen and oxygen atoms in total. The van der Waals surface area contributed by atoms with Gasteiger partial charge in [0.05, 0.1) is 0 Å². The number of phosphoric acid groups is 2. The molecule has 0 saturated heterocycles. The van der Waals surface area contributed by atoms with Crippen LogP contribution in [0.25, 0.3) is 0 Å². The van der Waals surface area contributed by atoms with Crippen molar-refractivity contribution in [2.45, 2.75) is 79.1 Å². The van der Waals surface area contributed by atoms with Crippen molar-refractivity contribution in [3.05, 3.63) is 181 Å². The van der Waals surface area contributed by atoms with Gasteiger partial charge in [-0.3, -0.25) is 29.1 Å². The maximum atomic E-state index is 10.9. The van der Waals surface area contributed by atoms with Crippen LogP contribution in [-0.2, 0) is 25.9 Å². The molecule has 15 heteroatoms. The Morgan fingerprint density at radius 3 is 0.695 bits per heavy atom. The van der Waals surface area contributed by atoms with Crippen LogP contribution in [0.3, 0.4) is 0 Å². The summed E-state index contributed by atoms with van der Waals surface area (Å²) in [7, 11) is -9.54. The molecule has 2 N–H and O–H groups in total. The molecule has 0 bridgehead atoms. The van der Waals surface area contributed by atoms with Gasteiger partial charge in [-0.25, -0.2) is 0 Å². The first-order chi connectivity index (χ1) is 27.4. The average Bonchev–Trinajstić information content (AvgIpc) is 3.20. The summed E-state index contributed by atoms with van der Waals surface area (Å²) in [5, 5.41) is 0. The van der Waals surface area contributed by atoms with E-state index in [1.54, 1.807) is 49.6 Å². The SMILES string of the molecule is CC(C)c1cccc(C(C)C)c1OP(=O)([O-])O.CC(C)c1cccc(C(C)C)c1OP(=O)([O-])O.[Co+2].c1ccncc1.c1ccncc1.c1ccncc1.c1ccncc1. The van der Waals surface area contributed by atoms with Crippen molar-refractivity contribution in [3.63, 3.8) is 0 Å². The number of hydrogen-bond donors (Lipinski definition) is 2. The molecule has 0 saturated carbocycles. The van der Waals surface area contributed by atoms with Crippen LogP contribution in [0.1, 0.15) is 101 Å². The summed E-state index contributed by atoms with van der Waals surface area (Å²) in [6.07, 6.45) is 14.0.